The molecule has 0 saturated carbocycles. The van der Waals surface area contributed by atoms with Gasteiger partial charge in [0.25, 0.3) is 0 Å². The van der Waals surface area contributed by atoms with Gasteiger partial charge in [0.05, 0.1) is 19.3 Å². The molecular weight excluding hydrogens is 234 g/mol. The highest BCUT2D eigenvalue weighted by Crippen LogP contribution is 2.24. The molecule has 1 aromatic heterocycles. The van der Waals surface area contributed by atoms with Gasteiger partial charge in [0.1, 0.15) is 5.92 Å². The first-order valence-corrected chi connectivity index (χ1v) is 6.19. The maximum Gasteiger partial charge on any atom is 0.311 e. The molecule has 2 unspecified atom stereocenters. The van der Waals surface area contributed by atoms with Crippen LogP contribution >= 0.6 is 0 Å². The molecule has 1 aromatic rings. The largest absolute Gasteiger partial charge is 0.481 e. The van der Waals surface area contributed by atoms with Crippen molar-refractivity contribution in [3.8, 4) is 0 Å². The molecule has 2 rings (SSSR count). The number of imidazole rings is 1. The first-order valence-electron chi connectivity index (χ1n) is 6.19. The van der Waals surface area contributed by atoms with Crippen LogP contribution in [0.4, 0.5) is 5.95 Å². The van der Waals surface area contributed by atoms with E-state index in [0.717, 1.165) is 18.9 Å². The van der Waals surface area contributed by atoms with E-state index in [4.69, 9.17) is 4.74 Å². The Labute approximate surface area is 106 Å². The van der Waals surface area contributed by atoms with Gasteiger partial charge in [-0.3, -0.25) is 4.79 Å². The second kappa shape index (κ2) is 5.39. The summed E-state index contributed by atoms with van der Waals surface area (Å²) in [5.41, 5.74) is 0. The number of carbonyl (C=O) groups is 1. The normalized spacial score (nSPS) is 23.2. The van der Waals surface area contributed by atoms with Gasteiger partial charge in [-0.1, -0.05) is 6.92 Å². The predicted octanol–water partition coefficient (Wildman–Crippen LogP) is 0.736. The first kappa shape index (κ1) is 12.9. The van der Waals surface area contributed by atoms with Crippen LogP contribution in [-0.4, -0.2) is 46.4 Å². The monoisotopic (exact) mass is 253 g/mol. The number of aryl methyl sites for hydroxylation is 1. The Kier molecular flexibility index (Phi) is 3.86. The molecule has 6 heteroatoms. The molecule has 1 saturated heterocycles. The molecule has 2 heterocycles. The van der Waals surface area contributed by atoms with Gasteiger partial charge in [0.15, 0.2) is 0 Å². The Hall–Kier alpha value is -1.56. The average Bonchev–Trinajstić information content (AvgIpc) is 2.94. The summed E-state index contributed by atoms with van der Waals surface area (Å²) in [4.78, 5) is 17.6. The summed E-state index contributed by atoms with van der Waals surface area (Å²) in [6.45, 7) is 3.58. The van der Waals surface area contributed by atoms with Gasteiger partial charge in [0, 0.05) is 26.0 Å². The van der Waals surface area contributed by atoms with Crippen molar-refractivity contribution in [1.29, 1.82) is 0 Å². The Bertz CT molecular complexity index is 418. The number of rotatable bonds is 5. The van der Waals surface area contributed by atoms with Crippen LogP contribution in [-0.2, 0) is 16.6 Å². The van der Waals surface area contributed by atoms with Gasteiger partial charge in [0.2, 0.25) is 5.95 Å². The molecule has 1 aliphatic heterocycles. The van der Waals surface area contributed by atoms with Crippen LogP contribution in [0.5, 0.6) is 0 Å². The van der Waals surface area contributed by atoms with E-state index in [-0.39, 0.29) is 12.6 Å². The highest BCUT2D eigenvalue weighted by Gasteiger charge is 2.38. The van der Waals surface area contributed by atoms with Gasteiger partial charge >= 0.3 is 5.97 Å². The molecule has 0 bridgehead atoms. The SMILES string of the molecule is CCCN(c1nccn1C)C1COCC1C(=O)O. The molecule has 18 heavy (non-hydrogen) atoms. The van der Waals surface area contributed by atoms with E-state index in [1.54, 1.807) is 6.20 Å². The van der Waals surface area contributed by atoms with E-state index < -0.39 is 11.9 Å². The molecule has 0 radical (unpaired) electrons. The Morgan fingerprint density at radius 3 is 3.00 bits per heavy atom. The van der Waals surface area contributed by atoms with Crippen LogP contribution in [0.1, 0.15) is 13.3 Å². The first-order chi connectivity index (χ1) is 8.65. The topological polar surface area (TPSA) is 67.6 Å². The number of nitrogens with zero attached hydrogens (tertiary/aromatic N) is 3. The quantitative estimate of drug-likeness (QED) is 0.838. The number of anilines is 1. The molecule has 0 aliphatic carbocycles. The summed E-state index contributed by atoms with van der Waals surface area (Å²) in [7, 11) is 1.91. The summed E-state index contributed by atoms with van der Waals surface area (Å²) in [6, 6.07) is -0.136. The molecule has 6 nitrogen and oxygen atoms in total. The van der Waals surface area contributed by atoms with E-state index in [9.17, 15) is 9.90 Å². The second-order valence-electron chi connectivity index (χ2n) is 4.58. The molecule has 2 atom stereocenters. The lowest BCUT2D eigenvalue weighted by Crippen LogP contribution is -2.44. The van der Waals surface area contributed by atoms with Crippen LogP contribution in [0.2, 0.25) is 0 Å². The third-order valence-electron chi connectivity index (χ3n) is 3.29. The van der Waals surface area contributed by atoms with Gasteiger partial charge in [-0.15, -0.1) is 0 Å². The molecule has 0 aromatic carbocycles. The van der Waals surface area contributed by atoms with E-state index in [2.05, 4.69) is 11.9 Å². The third kappa shape index (κ3) is 2.33. The van der Waals surface area contributed by atoms with Crippen LogP contribution in [0, 0.1) is 5.92 Å². The maximum absolute atomic E-state index is 11.2. The number of ether oxygens (including phenoxy) is 1. The number of aromatic nitrogens is 2. The lowest BCUT2D eigenvalue weighted by molar-refractivity contribution is -0.142. The van der Waals surface area contributed by atoms with Crippen LogP contribution < -0.4 is 4.90 Å². The molecule has 0 amide bonds. The van der Waals surface area contributed by atoms with E-state index in [1.165, 1.54) is 0 Å². The zero-order chi connectivity index (χ0) is 13.1. The zero-order valence-corrected chi connectivity index (χ0v) is 10.7. The van der Waals surface area contributed by atoms with Gasteiger partial charge in [-0.2, -0.15) is 0 Å². The standard InChI is InChI=1S/C12H19N3O3/c1-3-5-15(12-13-4-6-14(12)2)10-8-18-7-9(10)11(16)17/h4,6,9-10H,3,5,7-8H2,1-2H3,(H,16,17). The van der Waals surface area contributed by atoms with Crippen LogP contribution in [0.15, 0.2) is 12.4 Å². The summed E-state index contributed by atoms with van der Waals surface area (Å²) in [6.07, 6.45) is 4.53. The van der Waals surface area contributed by atoms with Crippen molar-refractivity contribution in [2.24, 2.45) is 13.0 Å². The Morgan fingerprint density at radius 2 is 2.44 bits per heavy atom. The van der Waals surface area contributed by atoms with Crippen molar-refractivity contribution in [2.75, 3.05) is 24.7 Å². The fraction of sp³-hybridized carbons (Fsp3) is 0.667. The highest BCUT2D eigenvalue weighted by molar-refractivity contribution is 5.72. The van der Waals surface area contributed by atoms with Crippen molar-refractivity contribution in [2.45, 2.75) is 19.4 Å². The predicted molar refractivity (Wildman–Crippen MR) is 66.6 cm³/mol. The molecule has 1 N–H and O–H groups in total. The summed E-state index contributed by atoms with van der Waals surface area (Å²) < 4.78 is 7.25. The Morgan fingerprint density at radius 1 is 1.67 bits per heavy atom. The van der Waals surface area contributed by atoms with Crippen molar-refractivity contribution in [1.82, 2.24) is 9.55 Å². The van der Waals surface area contributed by atoms with E-state index >= 15 is 0 Å². The lowest BCUT2D eigenvalue weighted by Gasteiger charge is -2.31. The smallest absolute Gasteiger partial charge is 0.311 e. The van der Waals surface area contributed by atoms with Crippen LogP contribution in [0.25, 0.3) is 0 Å². The van der Waals surface area contributed by atoms with E-state index in [1.807, 2.05) is 22.7 Å². The minimum atomic E-state index is -0.798. The molecule has 100 valence electrons. The molecule has 1 fully saturated rings. The number of hydrogen-bond acceptors (Lipinski definition) is 4. The average molecular weight is 253 g/mol. The molecule has 0 spiro atoms. The minimum absolute atomic E-state index is 0.136. The second-order valence-corrected chi connectivity index (χ2v) is 4.58. The highest BCUT2D eigenvalue weighted by atomic mass is 16.5. The number of carboxylic acid groups (broad SMARTS) is 1. The number of aliphatic carboxylic acids is 1. The fourth-order valence-electron chi connectivity index (χ4n) is 2.38. The summed E-state index contributed by atoms with van der Waals surface area (Å²) >= 11 is 0. The summed E-state index contributed by atoms with van der Waals surface area (Å²) in [5, 5.41) is 9.23. The number of hydrogen-bond donors (Lipinski definition) is 1. The van der Waals surface area contributed by atoms with Gasteiger partial charge in [-0.05, 0) is 6.42 Å². The van der Waals surface area contributed by atoms with Gasteiger partial charge < -0.3 is 19.3 Å². The lowest BCUT2D eigenvalue weighted by atomic mass is 10.0. The van der Waals surface area contributed by atoms with Crippen molar-refractivity contribution >= 4 is 11.9 Å². The third-order valence-corrected chi connectivity index (χ3v) is 3.29. The van der Waals surface area contributed by atoms with Crippen molar-refractivity contribution in [3.05, 3.63) is 12.4 Å². The maximum atomic E-state index is 11.2. The van der Waals surface area contributed by atoms with E-state index in [0.29, 0.717) is 6.61 Å². The van der Waals surface area contributed by atoms with Crippen molar-refractivity contribution < 1.29 is 14.6 Å². The molecular formula is C12H19N3O3. The Balaban J connectivity index is 2.25. The van der Waals surface area contributed by atoms with Gasteiger partial charge in [-0.25, -0.2) is 4.98 Å². The summed E-state index contributed by atoms with van der Waals surface area (Å²) in [5.74, 6) is -0.473. The molecule has 1 aliphatic rings. The van der Waals surface area contributed by atoms with Crippen molar-refractivity contribution in [3.63, 3.8) is 0 Å². The minimum Gasteiger partial charge on any atom is -0.481 e. The number of carboxylic acids is 1. The van der Waals surface area contributed by atoms with Crippen LogP contribution in [0.3, 0.4) is 0 Å². The fourth-order valence-corrected chi connectivity index (χ4v) is 2.38. The zero-order valence-electron chi connectivity index (χ0n) is 10.7.